The smallest absolute Gasteiger partial charge is 0.163 e. The number of rotatable bonds is 2. The normalized spacial score (nSPS) is 23.6. The third-order valence-electron chi connectivity index (χ3n) is 5.13. The third kappa shape index (κ3) is 2.12. The fraction of sp³-hybridized carbons (Fsp3) is 0.286. The van der Waals surface area contributed by atoms with Gasteiger partial charge in [0, 0.05) is 11.5 Å². The van der Waals surface area contributed by atoms with Crippen molar-refractivity contribution < 1.29 is 4.79 Å². The third-order valence-corrected chi connectivity index (χ3v) is 5.13. The molecule has 0 N–H and O–H groups in total. The highest BCUT2D eigenvalue weighted by Gasteiger charge is 2.47. The van der Waals surface area contributed by atoms with E-state index in [4.69, 9.17) is 0 Å². The van der Waals surface area contributed by atoms with Gasteiger partial charge in [0.1, 0.15) is 0 Å². The lowest BCUT2D eigenvalue weighted by Gasteiger charge is -2.43. The lowest BCUT2D eigenvalue weighted by molar-refractivity contribution is -0.128. The summed E-state index contributed by atoms with van der Waals surface area (Å²) in [4.78, 5) is 12.7. The van der Waals surface area contributed by atoms with Crippen LogP contribution in [0.2, 0.25) is 0 Å². The first-order valence-corrected chi connectivity index (χ1v) is 8.25. The van der Waals surface area contributed by atoms with Gasteiger partial charge in [-0.1, -0.05) is 73.5 Å². The van der Waals surface area contributed by atoms with E-state index in [0.717, 1.165) is 17.6 Å². The molecule has 1 heteroatoms. The number of Topliss-reactive ketones (excluding diaryl/α,β-unsaturated/α-hetero) is 1. The van der Waals surface area contributed by atoms with Gasteiger partial charge in [0.05, 0.1) is 0 Å². The van der Waals surface area contributed by atoms with Crippen LogP contribution in [0.1, 0.15) is 36.8 Å². The van der Waals surface area contributed by atoms with E-state index in [1.54, 1.807) is 0 Å². The Morgan fingerprint density at radius 1 is 0.727 bits per heavy atom. The molecular weight excluding hydrogens is 268 g/mol. The largest absolute Gasteiger partial charge is 0.294 e. The molecule has 2 fully saturated rings. The molecule has 2 saturated carbocycles. The quantitative estimate of drug-likeness (QED) is 0.720. The average Bonchev–Trinajstić information content (AvgIpc) is 2.60. The van der Waals surface area contributed by atoms with E-state index in [9.17, 15) is 4.79 Å². The van der Waals surface area contributed by atoms with Gasteiger partial charge >= 0.3 is 0 Å². The minimum Gasteiger partial charge on any atom is -0.294 e. The predicted octanol–water partition coefficient (Wildman–Crippen LogP) is 4.88. The summed E-state index contributed by atoms with van der Waals surface area (Å²) in [5.41, 5.74) is 4.58. The maximum atomic E-state index is 12.7. The highest BCUT2D eigenvalue weighted by molar-refractivity contribution is 6.13. The maximum absolute atomic E-state index is 12.7. The molecule has 0 bridgehead atoms. The Bertz CT molecular complexity index is 671. The summed E-state index contributed by atoms with van der Waals surface area (Å²) in [7, 11) is 0. The number of fused-ring (bicyclic) bond motifs is 1. The predicted molar refractivity (Wildman–Crippen MR) is 89.4 cm³/mol. The SMILES string of the molecule is O=C1C(=C(c2ccccc2)c2ccccc2)[C@@H]2CCCC[C@H]12. The van der Waals surface area contributed by atoms with Crippen molar-refractivity contribution in [3.63, 3.8) is 0 Å². The zero-order valence-corrected chi connectivity index (χ0v) is 12.7. The van der Waals surface area contributed by atoms with Crippen molar-refractivity contribution in [2.75, 3.05) is 0 Å². The van der Waals surface area contributed by atoms with Crippen LogP contribution in [0.15, 0.2) is 66.2 Å². The van der Waals surface area contributed by atoms with Crippen LogP contribution in [0.5, 0.6) is 0 Å². The van der Waals surface area contributed by atoms with Crippen LogP contribution in [0.4, 0.5) is 0 Å². The summed E-state index contributed by atoms with van der Waals surface area (Å²) in [5.74, 6) is 1.18. The molecule has 0 amide bonds. The Hall–Kier alpha value is -2.15. The Morgan fingerprint density at radius 3 is 1.77 bits per heavy atom. The molecule has 0 heterocycles. The lowest BCUT2D eigenvalue weighted by Crippen LogP contribution is -2.43. The highest BCUT2D eigenvalue weighted by atomic mass is 16.1. The van der Waals surface area contributed by atoms with Gasteiger partial charge in [-0.25, -0.2) is 0 Å². The Labute approximate surface area is 131 Å². The molecule has 22 heavy (non-hydrogen) atoms. The number of hydrogen-bond acceptors (Lipinski definition) is 1. The monoisotopic (exact) mass is 288 g/mol. The molecule has 0 spiro atoms. The molecule has 2 aliphatic rings. The van der Waals surface area contributed by atoms with Gasteiger partial charge in [-0.2, -0.15) is 0 Å². The summed E-state index contributed by atoms with van der Waals surface area (Å²) in [6, 6.07) is 20.8. The molecule has 1 nitrogen and oxygen atoms in total. The van der Waals surface area contributed by atoms with Crippen LogP contribution in [0, 0.1) is 11.8 Å². The van der Waals surface area contributed by atoms with Crippen LogP contribution in [0.3, 0.4) is 0 Å². The van der Waals surface area contributed by atoms with Crippen molar-refractivity contribution >= 4 is 11.4 Å². The highest BCUT2D eigenvalue weighted by Crippen LogP contribution is 2.50. The van der Waals surface area contributed by atoms with E-state index in [2.05, 4.69) is 48.5 Å². The van der Waals surface area contributed by atoms with Gasteiger partial charge < -0.3 is 0 Å². The molecule has 2 aliphatic carbocycles. The van der Waals surface area contributed by atoms with E-state index in [1.165, 1.54) is 30.4 Å². The number of carbonyl (C=O) groups is 1. The standard InChI is InChI=1S/C21H20O/c22-21-18-14-8-7-13-17(18)20(21)19(15-9-3-1-4-10-15)16-11-5-2-6-12-16/h1-6,9-12,17-18H,7-8,13-14H2/t17-,18+/m1/s1. The average molecular weight is 288 g/mol. The van der Waals surface area contributed by atoms with Gasteiger partial charge in [-0.15, -0.1) is 0 Å². The second-order valence-corrected chi connectivity index (χ2v) is 6.38. The van der Waals surface area contributed by atoms with Crippen LogP contribution < -0.4 is 0 Å². The van der Waals surface area contributed by atoms with Gasteiger partial charge in [0.2, 0.25) is 0 Å². The van der Waals surface area contributed by atoms with Crippen LogP contribution in [-0.2, 0) is 4.79 Å². The second kappa shape index (κ2) is 5.57. The molecule has 0 radical (unpaired) electrons. The molecule has 4 rings (SSSR count). The summed E-state index contributed by atoms with van der Waals surface area (Å²) in [6.07, 6.45) is 4.74. The topological polar surface area (TPSA) is 17.1 Å². The molecule has 0 unspecified atom stereocenters. The number of allylic oxidation sites excluding steroid dienone is 1. The second-order valence-electron chi connectivity index (χ2n) is 6.38. The van der Waals surface area contributed by atoms with Gasteiger partial charge in [0.25, 0.3) is 0 Å². The Kier molecular flexibility index (Phi) is 3.42. The number of carbonyl (C=O) groups excluding carboxylic acids is 1. The summed E-state index contributed by atoms with van der Waals surface area (Å²) in [6.45, 7) is 0. The molecule has 2 aromatic rings. The van der Waals surface area contributed by atoms with Crippen molar-refractivity contribution in [1.29, 1.82) is 0 Å². The molecular formula is C21H20O. The van der Waals surface area contributed by atoms with E-state index in [1.807, 2.05) is 12.1 Å². The fourth-order valence-electron chi connectivity index (χ4n) is 4.07. The number of hydrogen-bond donors (Lipinski definition) is 0. The van der Waals surface area contributed by atoms with Gasteiger partial charge in [-0.3, -0.25) is 4.79 Å². The molecule has 2 atom stereocenters. The van der Waals surface area contributed by atoms with E-state index < -0.39 is 0 Å². The minimum atomic E-state index is 0.297. The van der Waals surface area contributed by atoms with Crippen LogP contribution in [-0.4, -0.2) is 5.78 Å². The van der Waals surface area contributed by atoms with Crippen molar-refractivity contribution in [1.82, 2.24) is 0 Å². The molecule has 2 aromatic carbocycles. The fourth-order valence-corrected chi connectivity index (χ4v) is 4.07. The van der Waals surface area contributed by atoms with Crippen LogP contribution in [0.25, 0.3) is 5.57 Å². The van der Waals surface area contributed by atoms with Gasteiger partial charge in [-0.05, 0) is 35.5 Å². The first kappa shape index (κ1) is 13.5. The molecule has 110 valence electrons. The van der Waals surface area contributed by atoms with E-state index in [-0.39, 0.29) is 0 Å². The van der Waals surface area contributed by atoms with Crippen molar-refractivity contribution in [2.45, 2.75) is 25.7 Å². The van der Waals surface area contributed by atoms with Gasteiger partial charge in [0.15, 0.2) is 5.78 Å². The maximum Gasteiger partial charge on any atom is 0.163 e. The number of ketones is 1. The van der Waals surface area contributed by atoms with Crippen LogP contribution >= 0.6 is 0 Å². The molecule has 0 saturated heterocycles. The van der Waals surface area contributed by atoms with E-state index >= 15 is 0 Å². The first-order chi connectivity index (χ1) is 10.9. The Balaban J connectivity index is 1.88. The zero-order chi connectivity index (χ0) is 14.9. The summed E-state index contributed by atoms with van der Waals surface area (Å²) >= 11 is 0. The molecule has 0 aromatic heterocycles. The van der Waals surface area contributed by atoms with Crippen molar-refractivity contribution in [3.05, 3.63) is 77.4 Å². The van der Waals surface area contributed by atoms with Crippen molar-refractivity contribution in [2.24, 2.45) is 11.8 Å². The van der Waals surface area contributed by atoms with Crippen molar-refractivity contribution in [3.8, 4) is 0 Å². The lowest BCUT2D eigenvalue weighted by atomic mass is 9.59. The number of benzene rings is 2. The first-order valence-electron chi connectivity index (χ1n) is 8.25. The summed E-state index contributed by atoms with van der Waals surface area (Å²) < 4.78 is 0. The summed E-state index contributed by atoms with van der Waals surface area (Å²) in [5, 5.41) is 0. The Morgan fingerprint density at radius 2 is 1.23 bits per heavy atom. The van der Waals surface area contributed by atoms with E-state index in [0.29, 0.717) is 17.6 Å². The zero-order valence-electron chi connectivity index (χ0n) is 12.7. The molecule has 0 aliphatic heterocycles. The minimum absolute atomic E-state index is 0.297.